The molecule has 0 aliphatic heterocycles. The Morgan fingerprint density at radius 3 is 2.63 bits per heavy atom. The molecule has 2 aromatic carbocycles. The average molecular weight is 380 g/mol. The third kappa shape index (κ3) is 4.74. The van der Waals surface area contributed by atoms with Gasteiger partial charge in [0.1, 0.15) is 0 Å². The molecule has 3 aromatic rings. The van der Waals surface area contributed by atoms with Crippen molar-refractivity contribution < 1.29 is 14.3 Å². The van der Waals surface area contributed by atoms with Crippen LogP contribution in [0.2, 0.25) is 0 Å². The van der Waals surface area contributed by atoms with E-state index in [2.05, 4.69) is 10.3 Å². The fraction of sp³-hybridized carbons (Fsp3) is 0.143. The van der Waals surface area contributed by atoms with Crippen LogP contribution in [-0.2, 0) is 4.79 Å². The summed E-state index contributed by atoms with van der Waals surface area (Å²) < 4.78 is 10.5. The summed E-state index contributed by atoms with van der Waals surface area (Å²) in [6.07, 6.45) is 3.21. The fourth-order valence-electron chi connectivity index (χ4n) is 2.56. The van der Waals surface area contributed by atoms with Crippen molar-refractivity contribution in [1.29, 1.82) is 0 Å². The molecule has 0 radical (unpaired) electrons. The summed E-state index contributed by atoms with van der Waals surface area (Å²) in [5, 5.41) is 5.89. The Morgan fingerprint density at radius 2 is 1.93 bits per heavy atom. The lowest BCUT2D eigenvalue weighted by Crippen LogP contribution is -2.07. The van der Waals surface area contributed by atoms with Crippen molar-refractivity contribution in [3.63, 3.8) is 0 Å². The number of carbonyl (C=O) groups is 1. The number of hydrogen-bond acceptors (Lipinski definition) is 5. The highest BCUT2D eigenvalue weighted by atomic mass is 32.1. The number of amides is 1. The van der Waals surface area contributed by atoms with Crippen LogP contribution in [0.3, 0.4) is 0 Å². The van der Waals surface area contributed by atoms with Gasteiger partial charge in [-0.1, -0.05) is 18.2 Å². The van der Waals surface area contributed by atoms with Gasteiger partial charge in [0, 0.05) is 22.7 Å². The Labute approximate surface area is 162 Å². The first-order valence-corrected chi connectivity index (χ1v) is 9.20. The lowest BCUT2D eigenvalue weighted by molar-refractivity contribution is -0.111. The van der Waals surface area contributed by atoms with E-state index in [4.69, 9.17) is 9.47 Å². The normalized spacial score (nSPS) is 10.8. The van der Waals surface area contributed by atoms with Gasteiger partial charge in [-0.25, -0.2) is 4.98 Å². The molecule has 0 saturated heterocycles. The first-order valence-electron chi connectivity index (χ1n) is 8.32. The SMILES string of the molecule is COc1ccc(/C=C/C(=O)Nc2cccc(-c3csc(C)n3)c2)cc1OC. The molecule has 0 unspecified atom stereocenters. The Balaban J connectivity index is 1.70. The topological polar surface area (TPSA) is 60.5 Å². The summed E-state index contributed by atoms with van der Waals surface area (Å²) in [6.45, 7) is 1.97. The van der Waals surface area contributed by atoms with Gasteiger partial charge in [0.15, 0.2) is 11.5 Å². The maximum atomic E-state index is 12.2. The summed E-state index contributed by atoms with van der Waals surface area (Å²) in [5.41, 5.74) is 3.45. The van der Waals surface area contributed by atoms with Gasteiger partial charge >= 0.3 is 0 Å². The van der Waals surface area contributed by atoms with Gasteiger partial charge in [0.25, 0.3) is 0 Å². The van der Waals surface area contributed by atoms with Gasteiger partial charge < -0.3 is 14.8 Å². The predicted molar refractivity (Wildman–Crippen MR) is 109 cm³/mol. The molecule has 1 aromatic heterocycles. The van der Waals surface area contributed by atoms with E-state index in [0.29, 0.717) is 11.5 Å². The van der Waals surface area contributed by atoms with Gasteiger partial charge in [-0.3, -0.25) is 4.79 Å². The second-order valence-electron chi connectivity index (χ2n) is 5.77. The number of thiazole rings is 1. The van der Waals surface area contributed by atoms with Crippen LogP contribution in [0.15, 0.2) is 53.9 Å². The van der Waals surface area contributed by atoms with Crippen LogP contribution in [0.1, 0.15) is 10.6 Å². The number of rotatable bonds is 6. The van der Waals surface area contributed by atoms with Crippen molar-refractivity contribution in [2.24, 2.45) is 0 Å². The van der Waals surface area contributed by atoms with E-state index in [1.165, 1.54) is 6.08 Å². The molecule has 27 heavy (non-hydrogen) atoms. The van der Waals surface area contributed by atoms with Crippen LogP contribution in [0.4, 0.5) is 5.69 Å². The molecule has 6 heteroatoms. The number of methoxy groups -OCH3 is 2. The van der Waals surface area contributed by atoms with Gasteiger partial charge in [-0.05, 0) is 42.8 Å². The summed E-state index contributed by atoms with van der Waals surface area (Å²) in [7, 11) is 3.16. The third-order valence-electron chi connectivity index (χ3n) is 3.88. The van der Waals surface area contributed by atoms with Crippen molar-refractivity contribution >= 4 is 29.0 Å². The van der Waals surface area contributed by atoms with Crippen LogP contribution < -0.4 is 14.8 Å². The lowest BCUT2D eigenvalue weighted by atomic mass is 10.1. The lowest BCUT2D eigenvalue weighted by Gasteiger charge is -2.07. The van der Waals surface area contributed by atoms with E-state index in [0.717, 1.165) is 27.5 Å². The molecule has 5 nitrogen and oxygen atoms in total. The Kier molecular flexibility index (Phi) is 5.88. The molecule has 1 heterocycles. The molecule has 0 bridgehead atoms. The molecule has 1 amide bonds. The Morgan fingerprint density at radius 1 is 1.11 bits per heavy atom. The quantitative estimate of drug-likeness (QED) is 0.625. The fourth-order valence-corrected chi connectivity index (χ4v) is 3.19. The van der Waals surface area contributed by atoms with E-state index in [1.807, 2.05) is 48.7 Å². The molecular formula is C21H20N2O3S. The largest absolute Gasteiger partial charge is 0.493 e. The predicted octanol–water partition coefficient (Wildman–Crippen LogP) is 4.79. The third-order valence-corrected chi connectivity index (χ3v) is 4.65. The number of nitrogens with one attached hydrogen (secondary N) is 1. The van der Waals surface area contributed by atoms with Crippen LogP contribution in [0, 0.1) is 6.92 Å². The average Bonchev–Trinajstić information content (AvgIpc) is 3.12. The molecule has 138 valence electrons. The zero-order chi connectivity index (χ0) is 19.2. The smallest absolute Gasteiger partial charge is 0.248 e. The highest BCUT2D eigenvalue weighted by Gasteiger charge is 2.05. The van der Waals surface area contributed by atoms with Crippen molar-refractivity contribution in [1.82, 2.24) is 4.98 Å². The highest BCUT2D eigenvalue weighted by Crippen LogP contribution is 2.28. The number of benzene rings is 2. The monoisotopic (exact) mass is 380 g/mol. The van der Waals surface area contributed by atoms with Crippen LogP contribution in [-0.4, -0.2) is 25.1 Å². The summed E-state index contributed by atoms with van der Waals surface area (Å²) in [6, 6.07) is 13.1. The van der Waals surface area contributed by atoms with Crippen LogP contribution in [0.25, 0.3) is 17.3 Å². The standard InChI is InChI=1S/C21H20N2O3S/c1-14-22-18(13-27-14)16-5-4-6-17(12-16)23-21(24)10-8-15-7-9-19(25-2)20(11-15)26-3/h4-13H,1-3H3,(H,23,24)/b10-8+. The molecular weight excluding hydrogens is 360 g/mol. The number of aryl methyl sites for hydroxylation is 1. The number of aromatic nitrogens is 1. The molecule has 0 aliphatic carbocycles. The Hall–Kier alpha value is -3.12. The summed E-state index contributed by atoms with van der Waals surface area (Å²) in [5.74, 6) is 1.05. The second-order valence-corrected chi connectivity index (χ2v) is 6.83. The number of ether oxygens (including phenoxy) is 2. The maximum Gasteiger partial charge on any atom is 0.248 e. The van der Waals surface area contributed by atoms with Crippen molar-refractivity contribution in [2.75, 3.05) is 19.5 Å². The molecule has 0 fully saturated rings. The van der Waals surface area contributed by atoms with E-state index >= 15 is 0 Å². The van der Waals surface area contributed by atoms with Crippen molar-refractivity contribution in [3.05, 3.63) is 64.5 Å². The molecule has 0 atom stereocenters. The minimum atomic E-state index is -0.212. The molecule has 0 saturated carbocycles. The Bertz CT molecular complexity index is 979. The van der Waals surface area contributed by atoms with Gasteiger partial charge in [-0.15, -0.1) is 11.3 Å². The van der Waals surface area contributed by atoms with Crippen molar-refractivity contribution in [2.45, 2.75) is 6.92 Å². The maximum absolute atomic E-state index is 12.2. The molecule has 0 spiro atoms. The second kappa shape index (κ2) is 8.51. The first kappa shape index (κ1) is 18.7. The van der Waals surface area contributed by atoms with Gasteiger partial charge in [0.2, 0.25) is 5.91 Å². The van der Waals surface area contributed by atoms with E-state index in [9.17, 15) is 4.79 Å². The van der Waals surface area contributed by atoms with E-state index in [1.54, 1.807) is 37.7 Å². The minimum Gasteiger partial charge on any atom is -0.493 e. The number of carbonyl (C=O) groups excluding carboxylic acids is 1. The van der Waals surface area contributed by atoms with E-state index in [-0.39, 0.29) is 5.91 Å². The number of hydrogen-bond donors (Lipinski definition) is 1. The van der Waals surface area contributed by atoms with Crippen LogP contribution >= 0.6 is 11.3 Å². The van der Waals surface area contributed by atoms with Crippen LogP contribution in [0.5, 0.6) is 11.5 Å². The molecule has 1 N–H and O–H groups in total. The van der Waals surface area contributed by atoms with Gasteiger partial charge in [-0.2, -0.15) is 0 Å². The zero-order valence-electron chi connectivity index (χ0n) is 15.4. The molecule has 3 rings (SSSR count). The summed E-state index contributed by atoms with van der Waals surface area (Å²) in [4.78, 5) is 16.7. The molecule has 0 aliphatic rings. The minimum absolute atomic E-state index is 0.212. The number of nitrogens with zero attached hydrogens (tertiary/aromatic N) is 1. The summed E-state index contributed by atoms with van der Waals surface area (Å²) >= 11 is 1.60. The highest BCUT2D eigenvalue weighted by molar-refractivity contribution is 7.09. The zero-order valence-corrected chi connectivity index (χ0v) is 16.2. The van der Waals surface area contributed by atoms with Crippen molar-refractivity contribution in [3.8, 4) is 22.8 Å². The first-order chi connectivity index (χ1) is 13.1. The van der Waals surface area contributed by atoms with Gasteiger partial charge in [0.05, 0.1) is 24.9 Å². The van der Waals surface area contributed by atoms with E-state index < -0.39 is 0 Å². The number of anilines is 1.